The van der Waals surface area contributed by atoms with Crippen molar-refractivity contribution in [1.82, 2.24) is 0 Å². The van der Waals surface area contributed by atoms with Crippen LogP contribution in [0.3, 0.4) is 0 Å². The summed E-state index contributed by atoms with van der Waals surface area (Å²) in [6, 6.07) is 45.1. The lowest BCUT2D eigenvalue weighted by Gasteiger charge is -2.34. The van der Waals surface area contributed by atoms with Gasteiger partial charge in [-0.1, -0.05) is 140 Å². The maximum Gasteiger partial charge on any atom is 0.142 e. The zero-order chi connectivity index (χ0) is 33.6. The van der Waals surface area contributed by atoms with Crippen molar-refractivity contribution in [2.75, 3.05) is 4.90 Å². The van der Waals surface area contributed by atoms with Crippen molar-refractivity contribution in [3.8, 4) is 0 Å². The third-order valence-corrected chi connectivity index (χ3v) is 12.1. The summed E-state index contributed by atoms with van der Waals surface area (Å²) in [5, 5.41) is 7.80. The molecule has 6 aromatic rings. The second kappa shape index (κ2) is 10.8. The van der Waals surface area contributed by atoms with Gasteiger partial charge in [-0.05, 0) is 98.3 Å². The Balaban J connectivity index is 0.995. The first-order chi connectivity index (χ1) is 25.2. The van der Waals surface area contributed by atoms with Gasteiger partial charge < -0.3 is 9.64 Å². The van der Waals surface area contributed by atoms with E-state index in [1.165, 1.54) is 66.0 Å². The van der Waals surface area contributed by atoms with E-state index >= 15 is 0 Å². The van der Waals surface area contributed by atoms with E-state index in [4.69, 9.17) is 4.74 Å². The molecule has 2 nitrogen and oxygen atoms in total. The van der Waals surface area contributed by atoms with Gasteiger partial charge in [0.05, 0.1) is 11.5 Å². The number of hydrogen-bond donors (Lipinski definition) is 0. The van der Waals surface area contributed by atoms with Crippen molar-refractivity contribution in [2.24, 2.45) is 5.41 Å². The molecule has 11 rings (SSSR count). The number of anilines is 2. The van der Waals surface area contributed by atoms with E-state index in [0.29, 0.717) is 5.92 Å². The van der Waals surface area contributed by atoms with Gasteiger partial charge in [-0.2, -0.15) is 0 Å². The molecule has 6 aromatic carbocycles. The molecule has 244 valence electrons. The number of hydrogen-bond acceptors (Lipinski definition) is 2. The van der Waals surface area contributed by atoms with Crippen LogP contribution in [0.4, 0.5) is 11.4 Å². The standard InChI is InChI=1S/C49H37NO/c1-2-10-33(11-3-1)34-16-21-37(22-17-34)50(39-25-26-44-42-14-5-4-12-40(42)41-13-6-7-15-43(41)45(44)31-39)38-23-18-35(19-24-38)36-20-27-47-46(30-36)48-28-8-9-29-49(48,32-48)51-47/h1-19,21,23-31,36-37H,20,22,32H2/t36?,37-,48?,49?/m0/s1. The van der Waals surface area contributed by atoms with Gasteiger partial charge >= 0.3 is 0 Å². The largest absolute Gasteiger partial charge is 0.482 e. The molecule has 2 fully saturated rings. The fourth-order valence-electron chi connectivity index (χ4n) is 9.48. The van der Waals surface area contributed by atoms with Gasteiger partial charge in [-0.3, -0.25) is 0 Å². The average Bonchev–Trinajstić information content (AvgIpc) is 3.80. The summed E-state index contributed by atoms with van der Waals surface area (Å²) in [5.41, 5.74) is 7.60. The average molecular weight is 656 g/mol. The van der Waals surface area contributed by atoms with E-state index in [1.54, 1.807) is 0 Å². The Bertz CT molecular complexity index is 2570. The highest BCUT2D eigenvalue weighted by Crippen LogP contribution is 2.74. The van der Waals surface area contributed by atoms with E-state index in [9.17, 15) is 0 Å². The van der Waals surface area contributed by atoms with Crippen LogP contribution in [0.5, 0.6) is 0 Å². The van der Waals surface area contributed by atoms with Gasteiger partial charge in [0.25, 0.3) is 0 Å². The lowest BCUT2D eigenvalue weighted by molar-refractivity contribution is 0.152. The van der Waals surface area contributed by atoms with Gasteiger partial charge in [0.1, 0.15) is 11.4 Å². The monoisotopic (exact) mass is 655 g/mol. The lowest BCUT2D eigenvalue weighted by atomic mass is 9.81. The normalized spacial score (nSPS) is 25.5. The van der Waals surface area contributed by atoms with Gasteiger partial charge in [0.15, 0.2) is 0 Å². The molecule has 0 N–H and O–H groups in total. The Morgan fingerprint density at radius 3 is 2.00 bits per heavy atom. The minimum absolute atomic E-state index is 0.0357. The number of rotatable bonds is 5. The van der Waals surface area contributed by atoms with Crippen molar-refractivity contribution >= 4 is 49.3 Å². The SMILES string of the molecule is C1=CC23CC2(C=C1)C1=CC(c2ccc(N(c4ccc5c6ccccc6c6ccccc6c5c4)[C@H]4C=CC(c5ccccc5)=CC4)cc2)CC=C1O3. The molecule has 2 heteroatoms. The number of ether oxygens (including phenoxy) is 1. The Morgan fingerprint density at radius 2 is 1.27 bits per heavy atom. The van der Waals surface area contributed by atoms with E-state index in [0.717, 1.165) is 25.0 Å². The second-order valence-electron chi connectivity index (χ2n) is 14.8. The Morgan fingerprint density at radius 1 is 0.608 bits per heavy atom. The Hall–Kier alpha value is -5.86. The number of benzene rings is 6. The lowest BCUT2D eigenvalue weighted by Crippen LogP contribution is -2.30. The van der Waals surface area contributed by atoms with Crippen molar-refractivity contribution in [3.05, 3.63) is 198 Å². The highest BCUT2D eigenvalue weighted by molar-refractivity contribution is 6.25. The van der Waals surface area contributed by atoms with Crippen LogP contribution in [-0.4, -0.2) is 11.6 Å². The minimum atomic E-state index is -0.140. The van der Waals surface area contributed by atoms with Crippen LogP contribution in [0.1, 0.15) is 36.3 Å². The fraction of sp³-hybridized carbons (Fsp3) is 0.143. The van der Waals surface area contributed by atoms with Gasteiger partial charge in [-0.15, -0.1) is 0 Å². The third kappa shape index (κ3) is 4.29. The maximum absolute atomic E-state index is 6.53. The van der Waals surface area contributed by atoms with E-state index in [2.05, 4.69) is 181 Å². The van der Waals surface area contributed by atoms with Gasteiger partial charge in [-0.25, -0.2) is 0 Å². The zero-order valence-corrected chi connectivity index (χ0v) is 28.4. The molecule has 1 saturated heterocycles. The Labute approximate surface area is 298 Å². The molecule has 0 bridgehead atoms. The van der Waals surface area contributed by atoms with Crippen LogP contribution in [0, 0.1) is 5.41 Å². The van der Waals surface area contributed by atoms with Gasteiger partial charge in [0.2, 0.25) is 0 Å². The molecule has 1 heterocycles. The molecule has 0 spiro atoms. The summed E-state index contributed by atoms with van der Waals surface area (Å²) in [6.45, 7) is 0. The maximum atomic E-state index is 6.53. The van der Waals surface area contributed by atoms with Crippen LogP contribution in [0.15, 0.2) is 187 Å². The summed E-state index contributed by atoms with van der Waals surface area (Å²) in [4.78, 5) is 2.54. The summed E-state index contributed by atoms with van der Waals surface area (Å²) in [6.07, 6.45) is 23.9. The highest BCUT2D eigenvalue weighted by atomic mass is 16.5. The molecule has 4 atom stereocenters. The molecule has 0 aromatic heterocycles. The molecule has 0 amide bonds. The molecule has 51 heavy (non-hydrogen) atoms. The van der Waals surface area contributed by atoms with Crippen molar-refractivity contribution in [2.45, 2.75) is 36.8 Å². The molecule has 1 saturated carbocycles. The van der Waals surface area contributed by atoms with Crippen LogP contribution in [0.25, 0.3) is 37.9 Å². The topological polar surface area (TPSA) is 12.5 Å². The summed E-state index contributed by atoms with van der Waals surface area (Å²) in [5.74, 6) is 1.44. The molecule has 3 unspecified atom stereocenters. The Kier molecular flexibility index (Phi) is 6.14. The van der Waals surface area contributed by atoms with E-state index < -0.39 is 0 Å². The van der Waals surface area contributed by atoms with Crippen LogP contribution in [-0.2, 0) is 4.74 Å². The van der Waals surface area contributed by atoms with E-state index in [1.807, 2.05) is 0 Å². The molecule has 1 aliphatic heterocycles. The van der Waals surface area contributed by atoms with E-state index in [-0.39, 0.29) is 17.1 Å². The third-order valence-electron chi connectivity index (χ3n) is 12.1. The smallest absolute Gasteiger partial charge is 0.142 e. The zero-order valence-electron chi connectivity index (χ0n) is 28.4. The number of nitrogens with zero attached hydrogens (tertiary/aromatic N) is 1. The van der Waals surface area contributed by atoms with Crippen molar-refractivity contribution in [1.29, 1.82) is 0 Å². The first-order valence-electron chi connectivity index (χ1n) is 18.3. The fourth-order valence-corrected chi connectivity index (χ4v) is 9.48. The number of fused-ring (bicyclic) bond motifs is 7. The van der Waals surface area contributed by atoms with Crippen LogP contribution in [0.2, 0.25) is 0 Å². The minimum Gasteiger partial charge on any atom is -0.482 e. The predicted molar refractivity (Wildman–Crippen MR) is 212 cm³/mol. The highest BCUT2D eigenvalue weighted by Gasteiger charge is 2.75. The van der Waals surface area contributed by atoms with Crippen molar-refractivity contribution < 1.29 is 4.74 Å². The summed E-state index contributed by atoms with van der Waals surface area (Å²) in [7, 11) is 0. The molecule has 0 radical (unpaired) electrons. The first-order valence-corrected chi connectivity index (χ1v) is 18.3. The van der Waals surface area contributed by atoms with Crippen LogP contribution >= 0.6 is 0 Å². The first kappa shape index (κ1) is 28.9. The van der Waals surface area contributed by atoms with Crippen molar-refractivity contribution in [3.63, 3.8) is 0 Å². The predicted octanol–water partition coefficient (Wildman–Crippen LogP) is 12.3. The molecule has 4 aliphatic carbocycles. The number of allylic oxidation sites excluding steroid dienone is 7. The second-order valence-corrected chi connectivity index (χ2v) is 14.8. The summed E-state index contributed by atoms with van der Waals surface area (Å²) < 4.78 is 6.53. The quantitative estimate of drug-likeness (QED) is 0.171. The molecular weight excluding hydrogens is 619 g/mol. The molecular formula is C49H37NO. The van der Waals surface area contributed by atoms with Crippen LogP contribution < -0.4 is 4.90 Å². The summed E-state index contributed by atoms with van der Waals surface area (Å²) >= 11 is 0. The molecule has 5 aliphatic rings. The van der Waals surface area contributed by atoms with Gasteiger partial charge in [0, 0.05) is 29.3 Å².